The molecule has 0 aromatic heterocycles. The maximum absolute atomic E-state index is 13.6. The van der Waals surface area contributed by atoms with Gasteiger partial charge >= 0.3 is 6.09 Å². The third-order valence-corrected chi connectivity index (χ3v) is 5.03. The molecule has 3 amide bonds. The number of carbonyl (C=O) groups excluding carboxylic acids is 3. The maximum Gasteiger partial charge on any atom is 0.408 e. The number of nitrogens with zero attached hydrogens (tertiary/aromatic N) is 1. The van der Waals surface area contributed by atoms with Crippen molar-refractivity contribution in [1.82, 2.24) is 10.2 Å². The molecule has 8 nitrogen and oxygen atoms in total. The molecule has 0 aliphatic rings. The lowest BCUT2D eigenvalue weighted by Crippen LogP contribution is -2.54. The molecule has 0 spiro atoms. The maximum atomic E-state index is 13.6. The predicted octanol–water partition coefficient (Wildman–Crippen LogP) is 4.84. The molecular weight excluding hydrogens is 446 g/mol. The molecule has 0 saturated carbocycles. The Kier molecular flexibility index (Phi) is 8.90. The molecule has 35 heavy (non-hydrogen) atoms. The van der Waals surface area contributed by atoms with Crippen LogP contribution in [0.25, 0.3) is 0 Å². The van der Waals surface area contributed by atoms with Gasteiger partial charge in [0.1, 0.15) is 23.9 Å². The van der Waals surface area contributed by atoms with Gasteiger partial charge in [0.05, 0.1) is 7.11 Å². The highest BCUT2D eigenvalue weighted by atomic mass is 16.6. The number of carbonyl (C=O) groups is 3. The Morgan fingerprint density at radius 1 is 0.914 bits per heavy atom. The summed E-state index contributed by atoms with van der Waals surface area (Å²) in [5.41, 5.74) is 0.825. The standard InChI is InChI=1S/C27H37N3O5/c1-18-9-11-19(12-10-18)23(24(32)29-20-13-15-21(34-8)16-14-20)30(26(2,3)4)22(31)17-28-25(33)35-27(5,6)7/h9-16,23H,17H2,1-8H3,(H,28,33)(H,29,32). The number of methoxy groups -OCH3 is 1. The van der Waals surface area contributed by atoms with E-state index >= 15 is 0 Å². The van der Waals surface area contributed by atoms with Crippen LogP contribution in [0.15, 0.2) is 48.5 Å². The van der Waals surface area contributed by atoms with E-state index in [1.165, 1.54) is 4.90 Å². The lowest BCUT2D eigenvalue weighted by Gasteiger charge is -2.41. The highest BCUT2D eigenvalue weighted by molar-refractivity contribution is 5.98. The minimum atomic E-state index is -0.939. The van der Waals surface area contributed by atoms with Gasteiger partial charge in [0, 0.05) is 11.2 Å². The molecule has 1 atom stereocenters. The summed E-state index contributed by atoms with van der Waals surface area (Å²) >= 11 is 0. The molecule has 0 aliphatic heterocycles. The van der Waals surface area contributed by atoms with Crippen molar-refractivity contribution in [3.63, 3.8) is 0 Å². The summed E-state index contributed by atoms with van der Waals surface area (Å²) in [6.07, 6.45) is -0.700. The molecule has 0 heterocycles. The second-order valence-corrected chi connectivity index (χ2v) is 10.3. The van der Waals surface area contributed by atoms with Crippen molar-refractivity contribution in [3.05, 3.63) is 59.7 Å². The van der Waals surface area contributed by atoms with Gasteiger partial charge in [-0.05, 0) is 78.3 Å². The fourth-order valence-corrected chi connectivity index (χ4v) is 3.50. The first-order valence-corrected chi connectivity index (χ1v) is 11.5. The van der Waals surface area contributed by atoms with Crippen molar-refractivity contribution in [2.24, 2.45) is 0 Å². The Labute approximate surface area is 208 Å². The van der Waals surface area contributed by atoms with Crippen molar-refractivity contribution >= 4 is 23.6 Å². The summed E-state index contributed by atoms with van der Waals surface area (Å²) in [6, 6.07) is 13.5. The van der Waals surface area contributed by atoms with Crippen LogP contribution in [-0.4, -0.2) is 47.6 Å². The number of nitrogens with one attached hydrogen (secondary N) is 2. The van der Waals surface area contributed by atoms with E-state index in [4.69, 9.17) is 9.47 Å². The average molecular weight is 484 g/mol. The molecule has 8 heteroatoms. The molecule has 1 unspecified atom stereocenters. The van der Waals surface area contributed by atoms with Gasteiger partial charge in [0.15, 0.2) is 0 Å². The summed E-state index contributed by atoms with van der Waals surface area (Å²) in [7, 11) is 1.57. The smallest absolute Gasteiger partial charge is 0.408 e. The molecule has 2 N–H and O–H groups in total. The Balaban J connectivity index is 2.38. The molecule has 0 fully saturated rings. The largest absolute Gasteiger partial charge is 0.497 e. The van der Waals surface area contributed by atoms with E-state index in [9.17, 15) is 14.4 Å². The molecule has 0 bridgehead atoms. The van der Waals surface area contributed by atoms with Gasteiger partial charge in [0.25, 0.3) is 5.91 Å². The third kappa shape index (κ3) is 8.31. The summed E-state index contributed by atoms with van der Waals surface area (Å²) < 4.78 is 10.4. The number of ether oxygens (including phenoxy) is 2. The van der Waals surface area contributed by atoms with Crippen LogP contribution in [0.1, 0.15) is 58.7 Å². The van der Waals surface area contributed by atoms with Crippen LogP contribution in [0.3, 0.4) is 0 Å². The molecule has 190 valence electrons. The van der Waals surface area contributed by atoms with E-state index < -0.39 is 29.2 Å². The summed E-state index contributed by atoms with van der Waals surface area (Å²) in [6.45, 7) is 12.4. The fraction of sp³-hybridized carbons (Fsp3) is 0.444. The fourth-order valence-electron chi connectivity index (χ4n) is 3.50. The number of rotatable bonds is 7. The van der Waals surface area contributed by atoms with Crippen molar-refractivity contribution < 1.29 is 23.9 Å². The lowest BCUT2D eigenvalue weighted by atomic mass is 9.96. The van der Waals surface area contributed by atoms with Crippen LogP contribution in [0.2, 0.25) is 0 Å². The number of hydrogen-bond acceptors (Lipinski definition) is 5. The van der Waals surface area contributed by atoms with E-state index in [2.05, 4.69) is 10.6 Å². The average Bonchev–Trinajstić information content (AvgIpc) is 2.75. The zero-order chi connectivity index (χ0) is 26.4. The Bertz CT molecular complexity index is 1020. The molecule has 2 aromatic carbocycles. The number of amides is 3. The van der Waals surface area contributed by atoms with Crippen LogP contribution < -0.4 is 15.4 Å². The van der Waals surface area contributed by atoms with E-state index in [-0.39, 0.29) is 12.5 Å². The topological polar surface area (TPSA) is 97.0 Å². The summed E-state index contributed by atoms with van der Waals surface area (Å²) in [5.74, 6) is -0.129. The van der Waals surface area contributed by atoms with Crippen LogP contribution >= 0.6 is 0 Å². The van der Waals surface area contributed by atoms with Crippen molar-refractivity contribution in [2.75, 3.05) is 19.0 Å². The Morgan fingerprint density at radius 2 is 1.49 bits per heavy atom. The molecule has 0 saturated heterocycles. The quantitative estimate of drug-likeness (QED) is 0.588. The zero-order valence-corrected chi connectivity index (χ0v) is 21.9. The molecule has 0 radical (unpaired) electrons. The van der Waals surface area contributed by atoms with E-state index in [0.717, 1.165) is 5.56 Å². The number of benzene rings is 2. The minimum absolute atomic E-state index is 0.315. The molecular formula is C27H37N3O5. The summed E-state index contributed by atoms with van der Waals surface area (Å²) in [5, 5.41) is 5.42. The molecule has 2 aromatic rings. The highest BCUT2D eigenvalue weighted by Gasteiger charge is 2.38. The lowest BCUT2D eigenvalue weighted by molar-refractivity contribution is -0.144. The normalized spacial score (nSPS) is 12.3. The van der Waals surface area contributed by atoms with Crippen LogP contribution in [-0.2, 0) is 14.3 Å². The second-order valence-electron chi connectivity index (χ2n) is 10.3. The third-order valence-electron chi connectivity index (χ3n) is 5.03. The van der Waals surface area contributed by atoms with Crippen LogP contribution in [0.4, 0.5) is 10.5 Å². The van der Waals surface area contributed by atoms with Gasteiger partial charge in [-0.3, -0.25) is 9.59 Å². The van der Waals surface area contributed by atoms with Gasteiger partial charge in [-0.25, -0.2) is 4.79 Å². The van der Waals surface area contributed by atoms with E-state index in [1.807, 2.05) is 52.0 Å². The minimum Gasteiger partial charge on any atom is -0.497 e. The monoisotopic (exact) mass is 483 g/mol. The number of aryl methyl sites for hydroxylation is 1. The molecule has 0 aliphatic carbocycles. The number of anilines is 1. The highest BCUT2D eigenvalue weighted by Crippen LogP contribution is 2.30. The van der Waals surface area contributed by atoms with Gasteiger partial charge in [-0.1, -0.05) is 29.8 Å². The Morgan fingerprint density at radius 3 is 1.97 bits per heavy atom. The van der Waals surface area contributed by atoms with Crippen molar-refractivity contribution in [2.45, 2.75) is 65.6 Å². The zero-order valence-electron chi connectivity index (χ0n) is 21.9. The van der Waals surface area contributed by atoms with E-state index in [0.29, 0.717) is 17.0 Å². The van der Waals surface area contributed by atoms with Gasteiger partial charge < -0.3 is 25.0 Å². The van der Waals surface area contributed by atoms with Crippen molar-refractivity contribution in [3.8, 4) is 5.75 Å². The first-order valence-electron chi connectivity index (χ1n) is 11.5. The van der Waals surface area contributed by atoms with Gasteiger partial charge in [-0.15, -0.1) is 0 Å². The predicted molar refractivity (Wildman–Crippen MR) is 136 cm³/mol. The summed E-state index contributed by atoms with van der Waals surface area (Å²) in [4.78, 5) is 40.7. The molecule has 2 rings (SSSR count). The number of alkyl carbamates (subject to hydrolysis) is 1. The number of hydrogen-bond donors (Lipinski definition) is 2. The van der Waals surface area contributed by atoms with Crippen LogP contribution in [0.5, 0.6) is 5.75 Å². The first-order chi connectivity index (χ1) is 16.2. The second kappa shape index (κ2) is 11.3. The SMILES string of the molecule is COc1ccc(NC(=O)C(c2ccc(C)cc2)N(C(=O)CNC(=O)OC(C)(C)C)C(C)(C)C)cc1. The first kappa shape index (κ1) is 27.7. The van der Waals surface area contributed by atoms with Crippen LogP contribution in [0, 0.1) is 6.92 Å². The van der Waals surface area contributed by atoms with Gasteiger partial charge in [-0.2, -0.15) is 0 Å². The van der Waals surface area contributed by atoms with Crippen molar-refractivity contribution in [1.29, 1.82) is 0 Å². The van der Waals surface area contributed by atoms with E-state index in [1.54, 1.807) is 52.1 Å². The Hall–Kier alpha value is -3.55. The van der Waals surface area contributed by atoms with Gasteiger partial charge in [0.2, 0.25) is 5.91 Å².